The summed E-state index contributed by atoms with van der Waals surface area (Å²) in [5.74, 6) is 0.355. The number of nitrogens with one attached hydrogen (secondary N) is 1. The Morgan fingerprint density at radius 3 is 2.56 bits per heavy atom. The Morgan fingerprint density at radius 1 is 1.24 bits per heavy atom. The van der Waals surface area contributed by atoms with Crippen molar-refractivity contribution >= 4 is 23.6 Å². The van der Waals surface area contributed by atoms with Crippen LogP contribution in [0.5, 0.6) is 11.5 Å². The van der Waals surface area contributed by atoms with Crippen molar-refractivity contribution in [1.29, 1.82) is 5.26 Å². The second-order valence-electron chi connectivity index (χ2n) is 5.08. The topological polar surface area (TPSA) is 71.3 Å². The molecule has 0 spiro atoms. The predicted molar refractivity (Wildman–Crippen MR) is 96.4 cm³/mol. The molecule has 0 unspecified atom stereocenters. The zero-order valence-electron chi connectivity index (χ0n) is 13.9. The number of hydrogen-bond donors (Lipinski definition) is 1. The number of ether oxygens (including phenoxy) is 2. The van der Waals surface area contributed by atoms with Crippen LogP contribution in [0.15, 0.2) is 48.0 Å². The summed E-state index contributed by atoms with van der Waals surface area (Å²) >= 11 is 6.14. The largest absolute Gasteiger partial charge is 0.493 e. The monoisotopic (exact) mass is 356 g/mol. The molecule has 0 aliphatic carbocycles. The molecule has 0 aliphatic rings. The van der Waals surface area contributed by atoms with Gasteiger partial charge in [0.1, 0.15) is 11.6 Å². The summed E-state index contributed by atoms with van der Waals surface area (Å²) in [4.78, 5) is 12.2. The average molecular weight is 357 g/mol. The van der Waals surface area contributed by atoms with Crippen molar-refractivity contribution in [2.75, 3.05) is 14.2 Å². The molecule has 1 amide bonds. The summed E-state index contributed by atoms with van der Waals surface area (Å²) in [5.41, 5.74) is 1.48. The number of halogens is 1. The molecule has 25 heavy (non-hydrogen) atoms. The zero-order chi connectivity index (χ0) is 18.2. The van der Waals surface area contributed by atoms with Gasteiger partial charge in [-0.15, -0.1) is 0 Å². The van der Waals surface area contributed by atoms with E-state index >= 15 is 0 Å². The van der Waals surface area contributed by atoms with Crippen LogP contribution in [0.2, 0.25) is 5.02 Å². The van der Waals surface area contributed by atoms with E-state index in [1.54, 1.807) is 12.1 Å². The lowest BCUT2D eigenvalue weighted by atomic mass is 10.1. The minimum Gasteiger partial charge on any atom is -0.493 e. The summed E-state index contributed by atoms with van der Waals surface area (Å²) in [6.45, 7) is 0.339. The number of hydrogen-bond acceptors (Lipinski definition) is 4. The molecule has 0 heterocycles. The van der Waals surface area contributed by atoms with Gasteiger partial charge in [0.05, 0.1) is 19.2 Å². The molecule has 0 saturated heterocycles. The molecular formula is C19H17ClN2O3. The van der Waals surface area contributed by atoms with Gasteiger partial charge < -0.3 is 14.8 Å². The molecule has 0 atom stereocenters. The van der Waals surface area contributed by atoms with Crippen LogP contribution in [0.3, 0.4) is 0 Å². The molecule has 1 N–H and O–H groups in total. The minimum atomic E-state index is -0.461. The molecule has 0 fully saturated rings. The van der Waals surface area contributed by atoms with E-state index in [4.69, 9.17) is 21.1 Å². The van der Waals surface area contributed by atoms with Crippen LogP contribution < -0.4 is 14.8 Å². The Balaban J connectivity index is 2.20. The highest BCUT2D eigenvalue weighted by atomic mass is 35.5. The van der Waals surface area contributed by atoms with E-state index in [1.807, 2.05) is 36.4 Å². The van der Waals surface area contributed by atoms with Gasteiger partial charge in [0, 0.05) is 6.54 Å². The fraction of sp³-hybridized carbons (Fsp3) is 0.158. The van der Waals surface area contributed by atoms with Gasteiger partial charge in [-0.3, -0.25) is 4.79 Å². The first kappa shape index (κ1) is 18.4. The Morgan fingerprint density at radius 2 is 1.96 bits per heavy atom. The number of nitriles is 1. The van der Waals surface area contributed by atoms with Crippen LogP contribution in [0.25, 0.3) is 6.08 Å². The van der Waals surface area contributed by atoms with Gasteiger partial charge in [0.2, 0.25) is 0 Å². The molecule has 5 nitrogen and oxygen atoms in total. The van der Waals surface area contributed by atoms with Gasteiger partial charge in [0.15, 0.2) is 11.5 Å². The van der Waals surface area contributed by atoms with Crippen LogP contribution in [-0.4, -0.2) is 20.1 Å². The van der Waals surface area contributed by atoms with Crippen LogP contribution in [0.1, 0.15) is 11.1 Å². The predicted octanol–water partition coefficient (Wildman–Crippen LogP) is 3.58. The van der Waals surface area contributed by atoms with Gasteiger partial charge in [-0.25, -0.2) is 0 Å². The third kappa shape index (κ3) is 4.75. The van der Waals surface area contributed by atoms with Crippen molar-refractivity contribution in [3.63, 3.8) is 0 Å². The van der Waals surface area contributed by atoms with E-state index in [-0.39, 0.29) is 5.57 Å². The van der Waals surface area contributed by atoms with Gasteiger partial charge in [-0.2, -0.15) is 5.26 Å². The quantitative estimate of drug-likeness (QED) is 0.634. The number of benzene rings is 2. The van der Waals surface area contributed by atoms with Crippen molar-refractivity contribution < 1.29 is 14.3 Å². The third-order valence-corrected chi connectivity index (χ3v) is 3.71. The highest BCUT2D eigenvalue weighted by Gasteiger charge is 2.13. The Kier molecular flexibility index (Phi) is 6.44. The first-order valence-corrected chi connectivity index (χ1v) is 7.82. The number of methoxy groups -OCH3 is 2. The summed E-state index contributed by atoms with van der Waals surface area (Å²) in [6, 6.07) is 14.6. The van der Waals surface area contributed by atoms with Crippen molar-refractivity contribution in [1.82, 2.24) is 5.32 Å². The Hall–Kier alpha value is -2.97. The molecule has 0 aliphatic heterocycles. The maximum atomic E-state index is 12.2. The number of carbonyl (C=O) groups is 1. The summed E-state index contributed by atoms with van der Waals surface area (Å²) in [7, 11) is 2.97. The van der Waals surface area contributed by atoms with Crippen molar-refractivity contribution in [3.05, 3.63) is 64.2 Å². The van der Waals surface area contributed by atoms with Gasteiger partial charge in [-0.05, 0) is 29.3 Å². The first-order valence-electron chi connectivity index (χ1n) is 7.44. The van der Waals surface area contributed by atoms with Crippen LogP contribution in [0.4, 0.5) is 0 Å². The molecule has 0 aromatic heterocycles. The lowest BCUT2D eigenvalue weighted by Crippen LogP contribution is -2.23. The molecular weight excluding hydrogens is 340 g/mol. The summed E-state index contributed by atoms with van der Waals surface area (Å²) < 4.78 is 10.4. The molecule has 128 valence electrons. The zero-order valence-corrected chi connectivity index (χ0v) is 14.6. The van der Waals surface area contributed by atoms with Crippen LogP contribution in [0, 0.1) is 11.3 Å². The third-order valence-electron chi connectivity index (χ3n) is 3.43. The van der Waals surface area contributed by atoms with E-state index < -0.39 is 5.91 Å². The van der Waals surface area contributed by atoms with E-state index in [9.17, 15) is 10.1 Å². The molecule has 2 aromatic carbocycles. The highest BCUT2D eigenvalue weighted by molar-refractivity contribution is 6.32. The number of amides is 1. The number of carbonyl (C=O) groups excluding carboxylic acids is 1. The SMILES string of the molecule is COc1cc(/C=C(\C#N)C(=O)NCc2ccccc2)cc(Cl)c1OC. The first-order chi connectivity index (χ1) is 12.1. The van der Waals surface area contributed by atoms with Crippen LogP contribution >= 0.6 is 11.6 Å². The van der Waals surface area contributed by atoms with E-state index in [0.29, 0.717) is 28.6 Å². The van der Waals surface area contributed by atoms with Crippen molar-refractivity contribution in [2.24, 2.45) is 0 Å². The van der Waals surface area contributed by atoms with Crippen LogP contribution in [-0.2, 0) is 11.3 Å². The Labute approximate surface area is 151 Å². The second kappa shape index (κ2) is 8.76. The fourth-order valence-electron chi connectivity index (χ4n) is 2.21. The minimum absolute atomic E-state index is 0.0285. The maximum Gasteiger partial charge on any atom is 0.262 e. The van der Waals surface area contributed by atoms with Gasteiger partial charge >= 0.3 is 0 Å². The lowest BCUT2D eigenvalue weighted by molar-refractivity contribution is -0.117. The van der Waals surface area contributed by atoms with E-state index in [1.165, 1.54) is 20.3 Å². The average Bonchev–Trinajstić information content (AvgIpc) is 2.64. The van der Waals surface area contributed by atoms with E-state index in [2.05, 4.69) is 5.32 Å². The summed E-state index contributed by atoms with van der Waals surface area (Å²) in [6.07, 6.45) is 1.45. The van der Waals surface area contributed by atoms with Gasteiger partial charge in [-0.1, -0.05) is 41.9 Å². The van der Waals surface area contributed by atoms with E-state index in [0.717, 1.165) is 5.56 Å². The molecule has 0 saturated carbocycles. The van der Waals surface area contributed by atoms with Gasteiger partial charge in [0.25, 0.3) is 5.91 Å². The Bertz CT molecular complexity index is 827. The summed E-state index contributed by atoms with van der Waals surface area (Å²) in [5, 5.41) is 12.3. The standard InChI is InChI=1S/C19H17ClN2O3/c1-24-17-10-14(9-16(20)18(17)25-2)8-15(11-21)19(23)22-12-13-6-4-3-5-7-13/h3-10H,12H2,1-2H3,(H,22,23)/b15-8+. The molecule has 0 bridgehead atoms. The van der Waals surface area contributed by atoms with Crippen molar-refractivity contribution in [2.45, 2.75) is 6.54 Å². The second-order valence-corrected chi connectivity index (χ2v) is 5.48. The van der Waals surface area contributed by atoms with Crippen molar-refractivity contribution in [3.8, 4) is 17.6 Å². The fourth-order valence-corrected chi connectivity index (χ4v) is 2.51. The molecule has 2 aromatic rings. The molecule has 6 heteroatoms. The highest BCUT2D eigenvalue weighted by Crippen LogP contribution is 2.36. The maximum absolute atomic E-state index is 12.2. The normalized spacial score (nSPS) is 10.7. The number of nitrogens with zero attached hydrogens (tertiary/aromatic N) is 1. The smallest absolute Gasteiger partial charge is 0.262 e. The lowest BCUT2D eigenvalue weighted by Gasteiger charge is -2.10. The molecule has 2 rings (SSSR count). The number of rotatable bonds is 6. The molecule has 0 radical (unpaired) electrons.